The minimum absolute atomic E-state index is 0.391. The molecule has 0 aliphatic heterocycles. The Morgan fingerprint density at radius 1 is 1.07 bits per heavy atom. The Kier molecular flexibility index (Phi) is 6.23. The number of benzene rings is 1. The van der Waals surface area contributed by atoms with Crippen LogP contribution in [0.1, 0.15) is 19.2 Å². The maximum Gasteiger partial charge on any atom is 0.248 e. The maximum atomic E-state index is 5.81. The predicted octanol–water partition coefficient (Wildman–Crippen LogP) is 3.66. The van der Waals surface area contributed by atoms with Gasteiger partial charge in [0.1, 0.15) is 0 Å². The van der Waals surface area contributed by atoms with E-state index in [-0.39, 0.29) is 0 Å². The van der Waals surface area contributed by atoms with E-state index in [2.05, 4.69) is 26.7 Å². The molecule has 0 saturated heterocycles. The van der Waals surface area contributed by atoms with Crippen LogP contribution in [0.2, 0.25) is 0 Å². The van der Waals surface area contributed by atoms with Gasteiger partial charge >= 0.3 is 0 Å². The standard InChI is InChI=1S/C18H22N4O4S/c1-5-7-22-8-6-19-18(22)27-11-15-20-21-17(26-15)12-9-13(23-2)16(25-4)14(10-12)24-3/h6,8-10H,5,7,11H2,1-4H3. The molecule has 0 aliphatic rings. The summed E-state index contributed by atoms with van der Waals surface area (Å²) in [7, 11) is 4.69. The molecule has 2 aromatic heterocycles. The third-order valence-corrected chi connectivity index (χ3v) is 4.83. The lowest BCUT2D eigenvalue weighted by Gasteiger charge is -2.12. The maximum absolute atomic E-state index is 5.81. The van der Waals surface area contributed by atoms with Gasteiger partial charge in [0.05, 0.1) is 27.1 Å². The molecule has 9 heteroatoms. The molecule has 144 valence electrons. The van der Waals surface area contributed by atoms with Crippen molar-refractivity contribution in [2.24, 2.45) is 0 Å². The van der Waals surface area contributed by atoms with Crippen molar-refractivity contribution in [1.29, 1.82) is 0 Å². The Bertz CT molecular complexity index is 868. The minimum atomic E-state index is 0.391. The summed E-state index contributed by atoms with van der Waals surface area (Å²) in [6, 6.07) is 3.56. The van der Waals surface area contributed by atoms with E-state index in [1.807, 2.05) is 6.20 Å². The second-order valence-corrected chi connectivity index (χ2v) is 6.55. The SMILES string of the molecule is CCCn1ccnc1SCc1nnc(-c2cc(OC)c(OC)c(OC)c2)o1. The number of aromatic nitrogens is 4. The summed E-state index contributed by atoms with van der Waals surface area (Å²) in [4.78, 5) is 4.37. The van der Waals surface area contributed by atoms with Gasteiger partial charge in [-0.15, -0.1) is 10.2 Å². The molecule has 0 unspecified atom stereocenters. The summed E-state index contributed by atoms with van der Waals surface area (Å²) < 4.78 is 24.0. The van der Waals surface area contributed by atoms with Crippen LogP contribution in [0.15, 0.2) is 34.1 Å². The number of thioether (sulfide) groups is 1. The van der Waals surface area contributed by atoms with Crippen LogP contribution < -0.4 is 14.2 Å². The van der Waals surface area contributed by atoms with Gasteiger partial charge in [-0.3, -0.25) is 0 Å². The van der Waals surface area contributed by atoms with Crippen LogP contribution in [-0.2, 0) is 12.3 Å². The molecule has 0 spiro atoms. The number of hydrogen-bond donors (Lipinski definition) is 0. The Morgan fingerprint density at radius 2 is 1.81 bits per heavy atom. The van der Waals surface area contributed by atoms with Crippen LogP contribution in [0, 0.1) is 0 Å². The van der Waals surface area contributed by atoms with Gasteiger partial charge in [0.2, 0.25) is 17.5 Å². The zero-order chi connectivity index (χ0) is 19.2. The number of aryl methyl sites for hydroxylation is 1. The molecular formula is C18H22N4O4S. The normalized spacial score (nSPS) is 10.8. The Morgan fingerprint density at radius 3 is 2.44 bits per heavy atom. The highest BCUT2D eigenvalue weighted by Crippen LogP contribution is 2.41. The number of hydrogen-bond acceptors (Lipinski definition) is 8. The van der Waals surface area contributed by atoms with Crippen LogP contribution >= 0.6 is 11.8 Å². The van der Waals surface area contributed by atoms with Crippen molar-refractivity contribution in [2.45, 2.75) is 30.8 Å². The fourth-order valence-corrected chi connectivity index (χ4v) is 3.43. The molecule has 0 saturated carbocycles. The highest BCUT2D eigenvalue weighted by Gasteiger charge is 2.18. The third-order valence-electron chi connectivity index (χ3n) is 3.85. The van der Waals surface area contributed by atoms with Crippen LogP contribution in [0.3, 0.4) is 0 Å². The molecule has 0 aliphatic carbocycles. The number of rotatable bonds is 9. The molecular weight excluding hydrogens is 368 g/mol. The first-order valence-corrected chi connectivity index (χ1v) is 9.45. The Balaban J connectivity index is 1.78. The van der Waals surface area contributed by atoms with Crippen LogP contribution in [0.25, 0.3) is 11.5 Å². The summed E-state index contributed by atoms with van der Waals surface area (Å²) in [5, 5.41) is 9.21. The van der Waals surface area contributed by atoms with Crippen molar-refractivity contribution in [2.75, 3.05) is 21.3 Å². The molecule has 0 amide bonds. The third kappa shape index (κ3) is 4.19. The number of imidazole rings is 1. The zero-order valence-electron chi connectivity index (χ0n) is 15.8. The van der Waals surface area contributed by atoms with E-state index in [0.717, 1.165) is 18.1 Å². The second kappa shape index (κ2) is 8.81. The van der Waals surface area contributed by atoms with Crippen molar-refractivity contribution in [3.8, 4) is 28.7 Å². The van der Waals surface area contributed by atoms with Crippen LogP contribution in [0.4, 0.5) is 0 Å². The van der Waals surface area contributed by atoms with Gasteiger partial charge in [-0.2, -0.15) is 0 Å². The topological polar surface area (TPSA) is 84.4 Å². The van der Waals surface area contributed by atoms with E-state index in [1.54, 1.807) is 51.4 Å². The summed E-state index contributed by atoms with van der Waals surface area (Å²) in [6.45, 7) is 3.07. The lowest BCUT2D eigenvalue weighted by molar-refractivity contribution is 0.324. The fraction of sp³-hybridized carbons (Fsp3) is 0.389. The molecule has 0 atom stereocenters. The molecule has 3 aromatic rings. The van der Waals surface area contributed by atoms with E-state index in [0.29, 0.717) is 40.3 Å². The molecule has 0 N–H and O–H groups in total. The van der Waals surface area contributed by atoms with Crippen molar-refractivity contribution in [3.05, 3.63) is 30.4 Å². The Hall–Kier alpha value is -2.68. The summed E-state index contributed by atoms with van der Waals surface area (Å²) in [6.07, 6.45) is 4.82. The average Bonchev–Trinajstić information content (AvgIpc) is 3.34. The van der Waals surface area contributed by atoms with E-state index in [4.69, 9.17) is 18.6 Å². The van der Waals surface area contributed by atoms with Crippen molar-refractivity contribution in [3.63, 3.8) is 0 Å². The van der Waals surface area contributed by atoms with Crippen molar-refractivity contribution < 1.29 is 18.6 Å². The largest absolute Gasteiger partial charge is 0.493 e. The Labute approximate surface area is 161 Å². The monoisotopic (exact) mass is 390 g/mol. The van der Waals surface area contributed by atoms with E-state index >= 15 is 0 Å². The van der Waals surface area contributed by atoms with E-state index < -0.39 is 0 Å². The molecule has 0 bridgehead atoms. The van der Waals surface area contributed by atoms with Gasteiger partial charge in [0, 0.05) is 24.5 Å². The van der Waals surface area contributed by atoms with Gasteiger partial charge < -0.3 is 23.2 Å². The number of nitrogens with zero attached hydrogens (tertiary/aromatic N) is 4. The fourth-order valence-electron chi connectivity index (χ4n) is 2.61. The molecule has 8 nitrogen and oxygen atoms in total. The van der Waals surface area contributed by atoms with Crippen LogP contribution in [-0.4, -0.2) is 41.1 Å². The van der Waals surface area contributed by atoms with Gasteiger partial charge in [-0.25, -0.2) is 4.98 Å². The van der Waals surface area contributed by atoms with Gasteiger partial charge in [-0.05, 0) is 18.6 Å². The smallest absolute Gasteiger partial charge is 0.248 e. The molecule has 0 fully saturated rings. The highest BCUT2D eigenvalue weighted by atomic mass is 32.2. The van der Waals surface area contributed by atoms with Gasteiger partial charge in [0.15, 0.2) is 16.7 Å². The minimum Gasteiger partial charge on any atom is -0.493 e. The lowest BCUT2D eigenvalue weighted by Crippen LogP contribution is -1.97. The first-order valence-electron chi connectivity index (χ1n) is 8.46. The number of methoxy groups -OCH3 is 3. The average molecular weight is 390 g/mol. The summed E-state index contributed by atoms with van der Waals surface area (Å²) in [5.74, 6) is 3.03. The highest BCUT2D eigenvalue weighted by molar-refractivity contribution is 7.98. The summed E-state index contributed by atoms with van der Waals surface area (Å²) >= 11 is 1.56. The molecule has 0 radical (unpaired) electrons. The van der Waals surface area contributed by atoms with Gasteiger partial charge in [0.25, 0.3) is 0 Å². The van der Waals surface area contributed by atoms with E-state index in [9.17, 15) is 0 Å². The van der Waals surface area contributed by atoms with Crippen molar-refractivity contribution in [1.82, 2.24) is 19.7 Å². The van der Waals surface area contributed by atoms with E-state index in [1.165, 1.54) is 0 Å². The zero-order valence-corrected chi connectivity index (χ0v) is 16.6. The molecule has 2 heterocycles. The number of ether oxygens (including phenoxy) is 3. The molecule has 27 heavy (non-hydrogen) atoms. The van der Waals surface area contributed by atoms with Gasteiger partial charge in [-0.1, -0.05) is 18.7 Å². The molecule has 3 rings (SSSR count). The predicted molar refractivity (Wildman–Crippen MR) is 101 cm³/mol. The first kappa shape index (κ1) is 19.1. The second-order valence-electron chi connectivity index (χ2n) is 5.61. The quantitative estimate of drug-likeness (QED) is 0.512. The van der Waals surface area contributed by atoms with Crippen LogP contribution in [0.5, 0.6) is 17.2 Å². The molecule has 1 aromatic carbocycles. The lowest BCUT2D eigenvalue weighted by atomic mass is 10.2. The first-order chi connectivity index (χ1) is 13.2. The van der Waals surface area contributed by atoms with Crippen molar-refractivity contribution >= 4 is 11.8 Å². The summed E-state index contributed by atoms with van der Waals surface area (Å²) in [5.41, 5.74) is 0.695.